The van der Waals surface area contributed by atoms with Crippen LogP contribution in [0.1, 0.15) is 48.3 Å². The molecular formula is C14H22BrN5S. The van der Waals surface area contributed by atoms with Gasteiger partial charge in [0.15, 0.2) is 0 Å². The number of hydrogen-bond acceptors (Lipinski definition) is 5. The van der Waals surface area contributed by atoms with Crippen LogP contribution >= 0.6 is 27.5 Å². The molecule has 0 spiro atoms. The average Bonchev–Trinajstić information content (AvgIpc) is 2.99. The Bertz CT molecular complexity index is 592. The number of nitrogens with one attached hydrogen (secondary N) is 1. The van der Waals surface area contributed by atoms with Gasteiger partial charge in [-0.2, -0.15) is 5.10 Å². The van der Waals surface area contributed by atoms with Gasteiger partial charge in [-0.3, -0.25) is 4.68 Å². The molecule has 5 nitrogen and oxygen atoms in total. The van der Waals surface area contributed by atoms with E-state index in [4.69, 9.17) is 0 Å². The number of aryl methyl sites for hydroxylation is 3. The molecule has 2 rings (SSSR count). The van der Waals surface area contributed by atoms with Crippen LogP contribution in [-0.2, 0) is 19.9 Å². The molecule has 7 heteroatoms. The second-order valence-electron chi connectivity index (χ2n) is 5.12. The van der Waals surface area contributed by atoms with Crippen LogP contribution in [0.3, 0.4) is 0 Å². The Morgan fingerprint density at radius 3 is 2.71 bits per heavy atom. The molecule has 2 aromatic rings. The Labute approximate surface area is 138 Å². The van der Waals surface area contributed by atoms with Crippen LogP contribution in [0.4, 0.5) is 0 Å². The van der Waals surface area contributed by atoms with E-state index in [2.05, 4.69) is 49.8 Å². The van der Waals surface area contributed by atoms with Gasteiger partial charge in [0.25, 0.3) is 0 Å². The molecule has 0 aliphatic carbocycles. The summed E-state index contributed by atoms with van der Waals surface area (Å²) >= 11 is 5.16. The molecule has 0 radical (unpaired) electrons. The third kappa shape index (κ3) is 3.70. The van der Waals surface area contributed by atoms with Gasteiger partial charge in [-0.25, -0.2) is 0 Å². The van der Waals surface area contributed by atoms with E-state index in [9.17, 15) is 0 Å². The van der Waals surface area contributed by atoms with Gasteiger partial charge in [0.2, 0.25) is 0 Å². The smallest absolute Gasteiger partial charge is 0.0803 e. The molecule has 0 saturated heterocycles. The lowest BCUT2D eigenvalue weighted by molar-refractivity contribution is 0.530. The molecule has 0 aromatic carbocycles. The van der Waals surface area contributed by atoms with Crippen molar-refractivity contribution in [3.05, 3.63) is 26.4 Å². The number of aromatic nitrogens is 4. The Hall–Kier alpha value is -0.790. The van der Waals surface area contributed by atoms with Crippen molar-refractivity contribution >= 4 is 27.5 Å². The van der Waals surface area contributed by atoms with Gasteiger partial charge >= 0.3 is 0 Å². The molecule has 0 fully saturated rings. The van der Waals surface area contributed by atoms with Gasteiger partial charge in [-0.15, -0.1) is 5.10 Å². The monoisotopic (exact) mass is 371 g/mol. The zero-order valence-corrected chi connectivity index (χ0v) is 15.4. The van der Waals surface area contributed by atoms with Gasteiger partial charge in [-0.05, 0) is 47.4 Å². The minimum Gasteiger partial charge on any atom is -0.309 e. The predicted molar refractivity (Wildman–Crippen MR) is 89.7 cm³/mol. The van der Waals surface area contributed by atoms with Crippen LogP contribution in [0.2, 0.25) is 0 Å². The zero-order chi connectivity index (χ0) is 15.4. The summed E-state index contributed by atoms with van der Waals surface area (Å²) in [6, 6.07) is 0.239. The summed E-state index contributed by atoms with van der Waals surface area (Å²) < 4.78 is 7.21. The normalized spacial score (nSPS) is 12.8. The third-order valence-corrected chi connectivity index (χ3v) is 5.41. The Morgan fingerprint density at radius 1 is 1.38 bits per heavy atom. The maximum atomic E-state index is 4.48. The van der Waals surface area contributed by atoms with E-state index in [0.29, 0.717) is 0 Å². The Kier molecular flexibility index (Phi) is 5.89. The van der Waals surface area contributed by atoms with E-state index in [1.165, 1.54) is 22.1 Å². The van der Waals surface area contributed by atoms with Crippen LogP contribution in [-0.4, -0.2) is 25.9 Å². The van der Waals surface area contributed by atoms with Crippen LogP contribution < -0.4 is 5.32 Å². The maximum absolute atomic E-state index is 4.48. The van der Waals surface area contributed by atoms with Crippen molar-refractivity contribution in [3.8, 4) is 0 Å². The first-order chi connectivity index (χ1) is 10.1. The second-order valence-corrected chi connectivity index (χ2v) is 6.70. The van der Waals surface area contributed by atoms with Crippen LogP contribution in [0.25, 0.3) is 0 Å². The number of hydrogen-bond donors (Lipinski definition) is 1. The van der Waals surface area contributed by atoms with E-state index in [-0.39, 0.29) is 6.04 Å². The summed E-state index contributed by atoms with van der Waals surface area (Å²) in [6.45, 7) is 7.24. The maximum Gasteiger partial charge on any atom is 0.0803 e. The summed E-state index contributed by atoms with van der Waals surface area (Å²) in [5.74, 6) is 0. The summed E-state index contributed by atoms with van der Waals surface area (Å²) in [4.78, 5) is 1.25. The molecule has 0 amide bonds. The number of rotatable bonds is 7. The highest BCUT2D eigenvalue weighted by molar-refractivity contribution is 9.10. The lowest BCUT2D eigenvalue weighted by Gasteiger charge is -2.17. The van der Waals surface area contributed by atoms with Gasteiger partial charge < -0.3 is 5.32 Å². The molecule has 2 aromatic heterocycles. The van der Waals surface area contributed by atoms with Crippen molar-refractivity contribution in [1.82, 2.24) is 24.7 Å². The van der Waals surface area contributed by atoms with Crippen molar-refractivity contribution in [2.75, 3.05) is 6.54 Å². The quantitative estimate of drug-likeness (QED) is 0.811. The van der Waals surface area contributed by atoms with E-state index in [1.54, 1.807) is 0 Å². The van der Waals surface area contributed by atoms with E-state index >= 15 is 0 Å². The number of likely N-dealkylation sites (N-methyl/N-ethyl adjacent to an activating group) is 1. The molecule has 2 heterocycles. The van der Waals surface area contributed by atoms with E-state index in [1.807, 2.05) is 18.7 Å². The highest BCUT2D eigenvalue weighted by Gasteiger charge is 2.22. The highest BCUT2D eigenvalue weighted by Crippen LogP contribution is 2.29. The highest BCUT2D eigenvalue weighted by atomic mass is 79.9. The first-order valence-electron chi connectivity index (χ1n) is 7.30. The number of halogens is 1. The van der Waals surface area contributed by atoms with Crippen molar-refractivity contribution in [2.45, 2.75) is 46.1 Å². The molecule has 116 valence electrons. The average molecular weight is 372 g/mol. The van der Waals surface area contributed by atoms with Crippen molar-refractivity contribution < 1.29 is 0 Å². The lowest BCUT2D eigenvalue weighted by atomic mass is 10.1. The van der Waals surface area contributed by atoms with Gasteiger partial charge in [0, 0.05) is 13.5 Å². The van der Waals surface area contributed by atoms with E-state index < -0.39 is 0 Å². The second kappa shape index (κ2) is 7.47. The Morgan fingerprint density at radius 2 is 2.14 bits per heavy atom. The molecule has 0 bridgehead atoms. The van der Waals surface area contributed by atoms with Crippen LogP contribution in [0, 0.1) is 6.92 Å². The molecule has 1 unspecified atom stereocenters. The summed E-state index contributed by atoms with van der Waals surface area (Å²) in [5, 5.41) is 12.3. The van der Waals surface area contributed by atoms with Crippen molar-refractivity contribution in [1.29, 1.82) is 0 Å². The van der Waals surface area contributed by atoms with Crippen LogP contribution in [0.5, 0.6) is 0 Å². The Balaban J connectivity index is 2.28. The lowest BCUT2D eigenvalue weighted by Crippen LogP contribution is -2.24. The first-order valence-corrected chi connectivity index (χ1v) is 8.87. The van der Waals surface area contributed by atoms with E-state index in [0.717, 1.165) is 41.7 Å². The third-order valence-electron chi connectivity index (χ3n) is 3.50. The first kappa shape index (κ1) is 16.6. The number of nitrogens with zero attached hydrogens (tertiary/aromatic N) is 4. The SMILES string of the molecule is CCCc1nnsc1C(Cc1c(Br)c(C)nn1C)NCC. The van der Waals surface area contributed by atoms with Crippen LogP contribution in [0.15, 0.2) is 4.47 Å². The fraction of sp³-hybridized carbons (Fsp3) is 0.643. The fourth-order valence-corrected chi connectivity index (χ4v) is 3.76. The topological polar surface area (TPSA) is 55.6 Å². The molecule has 1 atom stereocenters. The van der Waals surface area contributed by atoms with Gasteiger partial charge in [-0.1, -0.05) is 24.8 Å². The molecular weight excluding hydrogens is 350 g/mol. The largest absolute Gasteiger partial charge is 0.309 e. The standard InChI is InChI=1S/C14H22BrN5S/c1-5-7-10-14(21-19-17-10)11(16-6-2)8-12-13(15)9(3)18-20(12)4/h11,16H,5-8H2,1-4H3. The van der Waals surface area contributed by atoms with Gasteiger partial charge in [0.1, 0.15) is 0 Å². The zero-order valence-electron chi connectivity index (χ0n) is 13.0. The van der Waals surface area contributed by atoms with Crippen molar-refractivity contribution in [3.63, 3.8) is 0 Å². The van der Waals surface area contributed by atoms with Crippen molar-refractivity contribution in [2.24, 2.45) is 7.05 Å². The fourth-order valence-electron chi connectivity index (χ4n) is 2.49. The molecule has 21 heavy (non-hydrogen) atoms. The molecule has 0 aliphatic rings. The molecule has 0 aliphatic heterocycles. The predicted octanol–water partition coefficient (Wildman–Crippen LogP) is 3.19. The minimum absolute atomic E-state index is 0.239. The molecule has 0 saturated carbocycles. The summed E-state index contributed by atoms with van der Waals surface area (Å²) in [7, 11) is 1.99. The minimum atomic E-state index is 0.239. The summed E-state index contributed by atoms with van der Waals surface area (Å²) in [5.41, 5.74) is 3.36. The summed E-state index contributed by atoms with van der Waals surface area (Å²) in [6.07, 6.45) is 2.96. The molecule has 1 N–H and O–H groups in total. The van der Waals surface area contributed by atoms with Gasteiger partial charge in [0.05, 0.1) is 32.5 Å².